The van der Waals surface area contributed by atoms with Gasteiger partial charge in [-0.05, 0) is 24.6 Å². The van der Waals surface area contributed by atoms with Gasteiger partial charge in [0.25, 0.3) is 5.91 Å². The second kappa shape index (κ2) is 12.1. The lowest BCUT2D eigenvalue weighted by atomic mass is 10.1. The Labute approximate surface area is 179 Å². The summed E-state index contributed by atoms with van der Waals surface area (Å²) in [6, 6.07) is 8.68. The first-order valence-corrected chi connectivity index (χ1v) is 8.93. The molecule has 0 heterocycles. The predicted molar refractivity (Wildman–Crippen MR) is 110 cm³/mol. The molecule has 30 heavy (non-hydrogen) atoms. The highest BCUT2D eigenvalue weighted by atomic mass is 35.5. The summed E-state index contributed by atoms with van der Waals surface area (Å²) in [5.41, 5.74) is 6.08. The highest BCUT2D eigenvalue weighted by Gasteiger charge is 2.29. The molecule has 0 aliphatic rings. The van der Waals surface area contributed by atoms with Crippen molar-refractivity contribution in [3.63, 3.8) is 0 Å². The van der Waals surface area contributed by atoms with E-state index in [0.717, 1.165) is 12.1 Å². The van der Waals surface area contributed by atoms with E-state index in [1.165, 1.54) is 0 Å². The maximum Gasteiger partial charge on any atom is 0.254 e. The van der Waals surface area contributed by atoms with Crippen molar-refractivity contribution in [3.05, 3.63) is 64.7 Å². The van der Waals surface area contributed by atoms with E-state index in [1.807, 2.05) is 0 Å². The zero-order valence-electron chi connectivity index (χ0n) is 16.3. The molecule has 2 aromatic carbocycles. The van der Waals surface area contributed by atoms with E-state index >= 15 is 0 Å². The third-order valence-electron chi connectivity index (χ3n) is 4.01. The molecule has 164 valence electrons. The molecule has 0 aliphatic carbocycles. The van der Waals surface area contributed by atoms with E-state index in [4.69, 9.17) is 25.7 Å². The minimum Gasteiger partial charge on any atom is -0.488 e. The summed E-state index contributed by atoms with van der Waals surface area (Å²) in [4.78, 5) is 12.6. The van der Waals surface area contributed by atoms with Crippen LogP contribution in [-0.2, 0) is 16.1 Å². The zero-order valence-corrected chi connectivity index (χ0v) is 17.1. The Balaban J connectivity index is 0.00000450. The third kappa shape index (κ3) is 6.38. The van der Waals surface area contributed by atoms with Gasteiger partial charge in [-0.15, -0.1) is 12.4 Å². The lowest BCUT2D eigenvalue weighted by Crippen LogP contribution is -2.32. The zero-order chi connectivity index (χ0) is 21.4. The number of rotatable bonds is 10. The van der Waals surface area contributed by atoms with Crippen molar-refractivity contribution in [2.45, 2.75) is 19.6 Å². The Kier molecular flexibility index (Phi) is 10.2. The Bertz CT molecular complexity index is 866. The van der Waals surface area contributed by atoms with Gasteiger partial charge in [0.05, 0.1) is 12.2 Å². The number of hydrogen-bond donors (Lipinski definition) is 4. The topological polar surface area (TPSA) is 118 Å². The number of nitrogen functional groups attached to an aromatic ring is 1. The van der Waals surface area contributed by atoms with Crippen LogP contribution < -0.4 is 15.8 Å². The molecule has 0 saturated carbocycles. The first-order chi connectivity index (χ1) is 13.9. The van der Waals surface area contributed by atoms with Crippen molar-refractivity contribution in [1.29, 1.82) is 5.41 Å². The van der Waals surface area contributed by atoms with Crippen molar-refractivity contribution in [1.82, 2.24) is 5.32 Å². The van der Waals surface area contributed by atoms with E-state index in [2.05, 4.69) is 5.32 Å². The second-order valence-electron chi connectivity index (χ2n) is 6.01. The molecule has 0 radical (unpaired) electrons. The first kappa shape index (κ1) is 25.3. The van der Waals surface area contributed by atoms with E-state index in [-0.39, 0.29) is 50.4 Å². The van der Waals surface area contributed by atoms with Crippen LogP contribution in [-0.4, -0.2) is 36.7 Å². The highest BCUT2D eigenvalue weighted by Crippen LogP contribution is 2.30. The summed E-state index contributed by atoms with van der Waals surface area (Å²) in [7, 11) is 0. The monoisotopic (exact) mass is 443 g/mol. The molecule has 2 aromatic rings. The molecule has 0 fully saturated rings. The lowest BCUT2D eigenvalue weighted by molar-refractivity contribution is -0.133. The van der Waals surface area contributed by atoms with Crippen LogP contribution in [0.5, 0.6) is 5.75 Å². The average Bonchev–Trinajstić information content (AvgIpc) is 2.71. The summed E-state index contributed by atoms with van der Waals surface area (Å²) < 4.78 is 39.4. The van der Waals surface area contributed by atoms with Crippen molar-refractivity contribution >= 4 is 24.1 Å². The van der Waals surface area contributed by atoms with Gasteiger partial charge in [-0.25, -0.2) is 8.78 Å². The number of carbonyl (C=O) groups excluding carboxylic acids is 1. The van der Waals surface area contributed by atoms with E-state index in [9.17, 15) is 13.6 Å². The van der Waals surface area contributed by atoms with Gasteiger partial charge in [-0.3, -0.25) is 10.2 Å². The Morgan fingerprint density at radius 3 is 2.47 bits per heavy atom. The standard InChI is InChI=1S/C20H23F2N3O4.ClH/c1-2-28-18(16-14(21)7-8-15(17(16)22)29-10-9-26)20(27)25-11-12-3-5-13(6-4-12)19(23)24;/h3-8,18,26H,2,9-11H2,1H3,(H3,23,24)(H,25,27);1H/t18-;/m0./s1. The molecule has 1 amide bonds. The van der Waals surface area contributed by atoms with Crippen molar-refractivity contribution < 1.29 is 28.2 Å². The fourth-order valence-corrected chi connectivity index (χ4v) is 2.60. The minimum atomic E-state index is -1.52. The Morgan fingerprint density at radius 2 is 1.90 bits per heavy atom. The van der Waals surface area contributed by atoms with Crippen LogP contribution in [0.1, 0.15) is 29.7 Å². The van der Waals surface area contributed by atoms with Gasteiger partial charge < -0.3 is 25.6 Å². The predicted octanol–water partition coefficient (Wildman–Crippen LogP) is 2.44. The maximum atomic E-state index is 14.7. The lowest BCUT2D eigenvalue weighted by Gasteiger charge is -2.20. The van der Waals surface area contributed by atoms with Crippen LogP contribution in [0.2, 0.25) is 0 Å². The molecular weight excluding hydrogens is 420 g/mol. The number of aliphatic hydroxyl groups excluding tert-OH is 1. The number of benzene rings is 2. The summed E-state index contributed by atoms with van der Waals surface area (Å²) in [5.74, 6) is -3.09. The molecule has 0 bridgehead atoms. The minimum absolute atomic E-state index is 0. The van der Waals surface area contributed by atoms with Crippen LogP contribution >= 0.6 is 12.4 Å². The number of amidine groups is 1. The fourth-order valence-electron chi connectivity index (χ4n) is 2.60. The number of ether oxygens (including phenoxy) is 2. The molecule has 0 spiro atoms. The first-order valence-electron chi connectivity index (χ1n) is 8.93. The summed E-state index contributed by atoms with van der Waals surface area (Å²) in [5, 5.41) is 18.8. The smallest absolute Gasteiger partial charge is 0.254 e. The third-order valence-corrected chi connectivity index (χ3v) is 4.01. The van der Waals surface area contributed by atoms with Crippen LogP contribution in [0.4, 0.5) is 8.78 Å². The molecule has 5 N–H and O–H groups in total. The van der Waals surface area contributed by atoms with Gasteiger partial charge in [0.15, 0.2) is 17.7 Å². The molecule has 10 heteroatoms. The van der Waals surface area contributed by atoms with Gasteiger partial charge in [0.2, 0.25) is 0 Å². The Hall–Kier alpha value is -2.75. The van der Waals surface area contributed by atoms with Crippen LogP contribution in [0.15, 0.2) is 36.4 Å². The van der Waals surface area contributed by atoms with Gasteiger partial charge in [0, 0.05) is 18.7 Å². The van der Waals surface area contributed by atoms with E-state index in [0.29, 0.717) is 11.1 Å². The number of nitrogens with two attached hydrogens (primary N) is 1. The SMILES string of the molecule is CCO[C@H](C(=O)NCc1ccc(C(=N)N)cc1)c1c(F)ccc(OCCO)c1F.Cl. The number of hydrogen-bond acceptors (Lipinski definition) is 5. The second-order valence-corrected chi connectivity index (χ2v) is 6.01. The highest BCUT2D eigenvalue weighted by molar-refractivity contribution is 5.94. The van der Waals surface area contributed by atoms with Gasteiger partial charge in [0.1, 0.15) is 18.3 Å². The fraction of sp³-hybridized carbons (Fsp3) is 0.300. The molecule has 0 aliphatic heterocycles. The van der Waals surface area contributed by atoms with Crippen LogP contribution in [0.25, 0.3) is 0 Å². The van der Waals surface area contributed by atoms with E-state index < -0.39 is 29.2 Å². The van der Waals surface area contributed by atoms with Crippen LogP contribution in [0.3, 0.4) is 0 Å². The quantitative estimate of drug-likeness (QED) is 0.332. The van der Waals surface area contributed by atoms with Gasteiger partial charge in [-0.2, -0.15) is 0 Å². The molecule has 2 rings (SSSR count). The maximum absolute atomic E-state index is 14.7. The summed E-state index contributed by atoms with van der Waals surface area (Å²) in [6.07, 6.45) is -1.52. The summed E-state index contributed by atoms with van der Waals surface area (Å²) in [6.45, 7) is 1.22. The molecule has 1 atom stereocenters. The van der Waals surface area contributed by atoms with Gasteiger partial charge >= 0.3 is 0 Å². The van der Waals surface area contributed by atoms with Crippen molar-refractivity contribution in [3.8, 4) is 5.75 Å². The van der Waals surface area contributed by atoms with Gasteiger partial charge in [-0.1, -0.05) is 24.3 Å². The normalized spacial score (nSPS) is 11.3. The number of nitrogens with one attached hydrogen (secondary N) is 2. The largest absolute Gasteiger partial charge is 0.488 e. The van der Waals surface area contributed by atoms with E-state index in [1.54, 1.807) is 31.2 Å². The number of carbonyl (C=O) groups is 1. The molecule has 0 aromatic heterocycles. The van der Waals surface area contributed by atoms with Crippen molar-refractivity contribution in [2.75, 3.05) is 19.8 Å². The number of halogens is 3. The molecule has 0 unspecified atom stereocenters. The number of amides is 1. The van der Waals surface area contributed by atoms with Crippen LogP contribution in [0, 0.1) is 17.0 Å². The molecular formula is C20H24ClF2N3O4. The Morgan fingerprint density at radius 1 is 1.23 bits per heavy atom. The molecule has 0 saturated heterocycles. The molecule has 7 nitrogen and oxygen atoms in total. The van der Waals surface area contributed by atoms with Crippen molar-refractivity contribution in [2.24, 2.45) is 5.73 Å². The number of aliphatic hydroxyl groups is 1. The average molecular weight is 444 g/mol. The summed E-state index contributed by atoms with van der Waals surface area (Å²) >= 11 is 0.